The Hall–Kier alpha value is -0.470. The van der Waals surface area contributed by atoms with E-state index in [1.165, 1.54) is 0 Å². The van der Waals surface area contributed by atoms with E-state index in [9.17, 15) is 4.55 Å². The molecule has 0 spiro atoms. The first-order chi connectivity index (χ1) is 5.70. The van der Waals surface area contributed by atoms with Crippen LogP contribution in [0, 0.1) is 12.8 Å². The zero-order valence-electron chi connectivity index (χ0n) is 7.19. The Morgan fingerprint density at radius 3 is 2.50 bits per heavy atom. The number of rotatable bonds is 3. The van der Waals surface area contributed by atoms with Gasteiger partial charge in [-0.1, -0.05) is 25.1 Å². The molecule has 0 saturated carbocycles. The van der Waals surface area contributed by atoms with E-state index in [-0.39, 0.29) is 5.92 Å². The highest BCUT2D eigenvalue weighted by Gasteiger charge is 2.11. The molecule has 0 heterocycles. The smallest absolute Gasteiger partial charge is 0.152 e. The van der Waals surface area contributed by atoms with Gasteiger partial charge in [0.1, 0.15) is 5.75 Å². The van der Waals surface area contributed by atoms with Crippen molar-refractivity contribution in [2.75, 3.05) is 5.75 Å². The molecule has 2 unspecified atom stereocenters. The fraction of sp³-hybridized carbons (Fsp3) is 0.300. The Balaban J connectivity index is 2.59. The lowest BCUT2D eigenvalue weighted by molar-refractivity contribution is 0.587. The summed E-state index contributed by atoms with van der Waals surface area (Å²) in [6.07, 6.45) is 0. The fourth-order valence-electron chi connectivity index (χ4n) is 0.927. The molecule has 1 rings (SSSR count). The van der Waals surface area contributed by atoms with Gasteiger partial charge < -0.3 is 4.55 Å². The molecule has 0 aliphatic carbocycles. The van der Waals surface area contributed by atoms with Crippen LogP contribution in [0.3, 0.4) is 0 Å². The van der Waals surface area contributed by atoms with E-state index in [2.05, 4.69) is 6.92 Å². The van der Waals surface area contributed by atoms with Gasteiger partial charge in [-0.05, 0) is 30.2 Å². The van der Waals surface area contributed by atoms with Crippen molar-refractivity contribution in [1.29, 1.82) is 0 Å². The van der Waals surface area contributed by atoms with Gasteiger partial charge in [0.2, 0.25) is 0 Å². The highest BCUT2D eigenvalue weighted by molar-refractivity contribution is 7.91. The molecule has 1 aromatic carbocycles. The van der Waals surface area contributed by atoms with Crippen molar-refractivity contribution in [2.45, 2.75) is 11.8 Å². The number of benzene rings is 1. The lowest BCUT2D eigenvalue weighted by atomic mass is 10.3. The third-order valence-corrected chi connectivity index (χ3v) is 3.11. The van der Waals surface area contributed by atoms with Crippen molar-refractivity contribution in [3.63, 3.8) is 0 Å². The van der Waals surface area contributed by atoms with Gasteiger partial charge in [0.25, 0.3) is 0 Å². The van der Waals surface area contributed by atoms with Gasteiger partial charge in [-0.15, -0.1) is 0 Å². The first kappa shape index (κ1) is 9.62. The highest BCUT2D eigenvalue weighted by atomic mass is 32.2. The molecule has 0 fully saturated rings. The largest absolute Gasteiger partial charge is 0.611 e. The molecule has 2 atom stereocenters. The van der Waals surface area contributed by atoms with E-state index >= 15 is 0 Å². The standard InChI is InChI=1S/C10H13OS/c1-9(2)8-12(11)10-6-4-3-5-7-10/h3-7,9H,1,8H2,2H3. The van der Waals surface area contributed by atoms with Gasteiger partial charge in [-0.3, -0.25) is 0 Å². The molecule has 65 valence electrons. The molecular weight excluding hydrogens is 168 g/mol. The zero-order chi connectivity index (χ0) is 8.97. The minimum absolute atomic E-state index is 0.242. The SMILES string of the molecule is [CH2]C(C)C[S+]([O-])c1ccccc1. The van der Waals surface area contributed by atoms with Crippen molar-refractivity contribution in [2.24, 2.45) is 5.92 Å². The van der Waals surface area contributed by atoms with Crippen LogP contribution in [0.5, 0.6) is 0 Å². The summed E-state index contributed by atoms with van der Waals surface area (Å²) in [4.78, 5) is 0.896. The highest BCUT2D eigenvalue weighted by Crippen LogP contribution is 2.12. The van der Waals surface area contributed by atoms with Crippen molar-refractivity contribution in [3.05, 3.63) is 37.3 Å². The second-order valence-corrected chi connectivity index (χ2v) is 4.43. The zero-order valence-corrected chi connectivity index (χ0v) is 8.01. The van der Waals surface area contributed by atoms with Crippen LogP contribution in [0.1, 0.15) is 6.92 Å². The molecule has 0 N–H and O–H groups in total. The van der Waals surface area contributed by atoms with Crippen LogP contribution >= 0.6 is 0 Å². The van der Waals surface area contributed by atoms with Crippen LogP contribution in [0.4, 0.5) is 0 Å². The maximum absolute atomic E-state index is 11.5. The second kappa shape index (κ2) is 4.53. The van der Waals surface area contributed by atoms with E-state index < -0.39 is 11.2 Å². The van der Waals surface area contributed by atoms with Crippen LogP contribution in [0.2, 0.25) is 0 Å². The van der Waals surface area contributed by atoms with E-state index in [0.717, 1.165) is 4.90 Å². The lowest BCUT2D eigenvalue weighted by Crippen LogP contribution is -2.11. The van der Waals surface area contributed by atoms with Crippen molar-refractivity contribution in [3.8, 4) is 0 Å². The third-order valence-electron chi connectivity index (χ3n) is 1.44. The predicted molar refractivity (Wildman–Crippen MR) is 52.2 cm³/mol. The molecule has 1 aromatic rings. The molecule has 0 aliphatic heterocycles. The van der Waals surface area contributed by atoms with Gasteiger partial charge >= 0.3 is 0 Å². The maximum atomic E-state index is 11.5. The Bertz CT molecular complexity index is 221. The van der Waals surface area contributed by atoms with E-state index in [1.807, 2.05) is 37.3 Å². The van der Waals surface area contributed by atoms with Crippen molar-refractivity contribution < 1.29 is 4.55 Å². The van der Waals surface area contributed by atoms with Gasteiger partial charge in [0.05, 0.1) is 0 Å². The first-order valence-electron chi connectivity index (χ1n) is 3.96. The Labute approximate surface area is 77.0 Å². The summed E-state index contributed by atoms with van der Waals surface area (Å²) in [5.41, 5.74) is 0. The van der Waals surface area contributed by atoms with Gasteiger partial charge in [0.15, 0.2) is 4.90 Å². The summed E-state index contributed by atoms with van der Waals surface area (Å²) >= 11 is -0.876. The van der Waals surface area contributed by atoms with Crippen molar-refractivity contribution >= 4 is 11.2 Å². The van der Waals surface area contributed by atoms with E-state index in [4.69, 9.17) is 0 Å². The molecule has 0 amide bonds. The second-order valence-electron chi connectivity index (χ2n) is 2.93. The van der Waals surface area contributed by atoms with E-state index in [1.54, 1.807) is 0 Å². The molecule has 0 bridgehead atoms. The molecule has 1 radical (unpaired) electrons. The van der Waals surface area contributed by atoms with Crippen LogP contribution in [0.15, 0.2) is 35.2 Å². The molecule has 2 heteroatoms. The monoisotopic (exact) mass is 181 g/mol. The van der Waals surface area contributed by atoms with Gasteiger partial charge in [0, 0.05) is 5.92 Å². The normalized spacial score (nSPS) is 13.3. The van der Waals surface area contributed by atoms with Crippen LogP contribution in [-0.4, -0.2) is 10.3 Å². The average Bonchev–Trinajstić information content (AvgIpc) is 2.05. The topological polar surface area (TPSA) is 23.1 Å². The summed E-state index contributed by atoms with van der Waals surface area (Å²) in [6, 6.07) is 9.51. The first-order valence-corrected chi connectivity index (χ1v) is 5.28. The quantitative estimate of drug-likeness (QED) is 0.656. The third kappa shape index (κ3) is 2.88. The number of hydrogen-bond donors (Lipinski definition) is 0. The molecule has 12 heavy (non-hydrogen) atoms. The summed E-state index contributed by atoms with van der Waals surface area (Å²) in [5, 5.41) is 0. The van der Waals surface area contributed by atoms with Gasteiger partial charge in [-0.2, -0.15) is 0 Å². The molecule has 1 nitrogen and oxygen atoms in total. The molecule has 0 aromatic heterocycles. The maximum Gasteiger partial charge on any atom is 0.152 e. The summed E-state index contributed by atoms with van der Waals surface area (Å²) in [6.45, 7) is 5.78. The molecular formula is C10H13OS. The fourth-order valence-corrected chi connectivity index (χ4v) is 2.10. The minimum Gasteiger partial charge on any atom is -0.611 e. The Kier molecular flexibility index (Phi) is 3.63. The summed E-state index contributed by atoms with van der Waals surface area (Å²) in [5.74, 6) is 0.885. The molecule has 0 saturated heterocycles. The van der Waals surface area contributed by atoms with Gasteiger partial charge in [-0.25, -0.2) is 0 Å². The Morgan fingerprint density at radius 2 is 2.00 bits per heavy atom. The predicted octanol–water partition coefficient (Wildman–Crippen LogP) is 2.26. The summed E-state index contributed by atoms with van der Waals surface area (Å²) in [7, 11) is 0. The van der Waals surface area contributed by atoms with Crippen LogP contribution < -0.4 is 0 Å². The number of hydrogen-bond acceptors (Lipinski definition) is 1. The lowest BCUT2D eigenvalue weighted by Gasteiger charge is -2.11. The minimum atomic E-state index is -0.876. The average molecular weight is 181 g/mol. The van der Waals surface area contributed by atoms with Crippen LogP contribution in [-0.2, 0) is 11.2 Å². The van der Waals surface area contributed by atoms with Crippen LogP contribution in [0.25, 0.3) is 0 Å². The molecule has 0 aliphatic rings. The Morgan fingerprint density at radius 1 is 1.42 bits per heavy atom. The van der Waals surface area contributed by atoms with Crippen molar-refractivity contribution in [1.82, 2.24) is 0 Å². The summed E-state index contributed by atoms with van der Waals surface area (Å²) < 4.78 is 11.5. The van der Waals surface area contributed by atoms with E-state index in [0.29, 0.717) is 5.75 Å².